The van der Waals surface area contributed by atoms with Gasteiger partial charge in [0.15, 0.2) is 0 Å². The quantitative estimate of drug-likeness (QED) is 0.501. The Kier molecular flexibility index (Phi) is 6.03. The Bertz CT molecular complexity index is 297. The van der Waals surface area contributed by atoms with Gasteiger partial charge < -0.3 is 20.3 Å². The predicted octanol–water partition coefficient (Wildman–Crippen LogP) is -1.48. The van der Waals surface area contributed by atoms with Gasteiger partial charge in [-0.05, 0) is 6.42 Å². The highest BCUT2D eigenvalue weighted by atomic mass is 16.5. The number of carboxylic acids is 1. The lowest BCUT2D eigenvalue weighted by molar-refractivity contribution is -0.148. The number of hydrogen-bond donors (Lipinski definition) is 3. The molecule has 0 bridgehead atoms. The van der Waals surface area contributed by atoms with Gasteiger partial charge in [0, 0.05) is 25.7 Å². The van der Waals surface area contributed by atoms with Crippen molar-refractivity contribution >= 4 is 11.9 Å². The minimum absolute atomic E-state index is 0.00520. The number of methoxy groups -OCH3 is 1. The van der Waals surface area contributed by atoms with Crippen LogP contribution in [-0.2, 0) is 14.3 Å². The number of esters is 1. The third-order valence-electron chi connectivity index (χ3n) is 3.00. The molecule has 0 aromatic rings. The van der Waals surface area contributed by atoms with E-state index in [0.29, 0.717) is 26.1 Å². The summed E-state index contributed by atoms with van der Waals surface area (Å²) >= 11 is 0. The van der Waals surface area contributed by atoms with Gasteiger partial charge >= 0.3 is 11.9 Å². The number of carboxylic acid groups (broad SMARTS) is 1. The van der Waals surface area contributed by atoms with Crippen molar-refractivity contribution in [3.63, 3.8) is 0 Å². The molecular weight excluding hydrogens is 240 g/mol. The van der Waals surface area contributed by atoms with Crippen LogP contribution in [0.4, 0.5) is 0 Å². The number of likely N-dealkylation sites (tertiary alicyclic amines) is 1. The van der Waals surface area contributed by atoms with Crippen molar-refractivity contribution in [2.75, 3.05) is 39.9 Å². The van der Waals surface area contributed by atoms with Gasteiger partial charge in [0.1, 0.15) is 0 Å². The molecule has 1 saturated heterocycles. The molecule has 0 radical (unpaired) electrons. The average molecular weight is 260 g/mol. The SMILES string of the molecule is COC(=O)CN1CC(NCCO)CC(C(=O)O)C1. The second-order valence-electron chi connectivity index (χ2n) is 4.42. The zero-order valence-electron chi connectivity index (χ0n) is 10.5. The highest BCUT2D eigenvalue weighted by Gasteiger charge is 2.32. The van der Waals surface area contributed by atoms with Crippen LogP contribution in [0.25, 0.3) is 0 Å². The van der Waals surface area contributed by atoms with E-state index in [2.05, 4.69) is 10.1 Å². The van der Waals surface area contributed by atoms with E-state index < -0.39 is 11.9 Å². The number of piperidine rings is 1. The summed E-state index contributed by atoms with van der Waals surface area (Å²) < 4.78 is 4.58. The van der Waals surface area contributed by atoms with Crippen LogP contribution in [0.2, 0.25) is 0 Å². The minimum Gasteiger partial charge on any atom is -0.481 e. The summed E-state index contributed by atoms with van der Waals surface area (Å²) in [4.78, 5) is 24.0. The third kappa shape index (κ3) is 4.59. The number of rotatable bonds is 6. The molecule has 18 heavy (non-hydrogen) atoms. The second kappa shape index (κ2) is 7.30. The zero-order valence-corrected chi connectivity index (χ0v) is 10.5. The first-order valence-corrected chi connectivity index (χ1v) is 5.93. The highest BCUT2D eigenvalue weighted by Crippen LogP contribution is 2.17. The Morgan fingerprint density at radius 3 is 2.72 bits per heavy atom. The van der Waals surface area contributed by atoms with Crippen molar-refractivity contribution in [3.8, 4) is 0 Å². The second-order valence-corrected chi connectivity index (χ2v) is 4.42. The smallest absolute Gasteiger partial charge is 0.319 e. The van der Waals surface area contributed by atoms with Crippen LogP contribution in [0.3, 0.4) is 0 Å². The van der Waals surface area contributed by atoms with Crippen molar-refractivity contribution in [3.05, 3.63) is 0 Å². The van der Waals surface area contributed by atoms with Crippen LogP contribution in [-0.4, -0.2) is 73.0 Å². The topological polar surface area (TPSA) is 99.1 Å². The maximum atomic E-state index is 11.2. The number of nitrogens with zero attached hydrogens (tertiary/aromatic N) is 1. The standard InChI is InChI=1S/C11H20N2O5/c1-18-10(15)7-13-5-8(11(16)17)4-9(6-13)12-2-3-14/h8-9,12,14H,2-7H2,1H3,(H,16,17). The largest absolute Gasteiger partial charge is 0.481 e. The number of nitrogens with one attached hydrogen (secondary N) is 1. The van der Waals surface area contributed by atoms with Gasteiger partial charge in [-0.1, -0.05) is 0 Å². The highest BCUT2D eigenvalue weighted by molar-refractivity contribution is 5.72. The van der Waals surface area contributed by atoms with Crippen LogP contribution < -0.4 is 5.32 Å². The molecular formula is C11H20N2O5. The molecule has 1 fully saturated rings. The summed E-state index contributed by atoms with van der Waals surface area (Å²) in [5, 5.41) is 20.9. The van der Waals surface area contributed by atoms with Crippen LogP contribution in [0.1, 0.15) is 6.42 Å². The van der Waals surface area contributed by atoms with E-state index in [9.17, 15) is 9.59 Å². The molecule has 7 heteroatoms. The molecule has 2 unspecified atom stereocenters. The van der Waals surface area contributed by atoms with Crippen LogP contribution in [0.5, 0.6) is 0 Å². The molecule has 1 rings (SSSR count). The molecule has 1 heterocycles. The summed E-state index contributed by atoms with van der Waals surface area (Å²) in [5.41, 5.74) is 0. The molecule has 0 aromatic carbocycles. The van der Waals surface area contributed by atoms with Gasteiger partial charge in [0.25, 0.3) is 0 Å². The fraction of sp³-hybridized carbons (Fsp3) is 0.818. The first-order valence-electron chi connectivity index (χ1n) is 5.93. The molecule has 0 aliphatic carbocycles. The van der Waals surface area contributed by atoms with Crippen LogP contribution in [0, 0.1) is 5.92 Å². The van der Waals surface area contributed by atoms with Gasteiger partial charge in [0.2, 0.25) is 0 Å². The van der Waals surface area contributed by atoms with E-state index >= 15 is 0 Å². The predicted molar refractivity (Wildman–Crippen MR) is 63.1 cm³/mol. The Morgan fingerprint density at radius 1 is 1.44 bits per heavy atom. The first-order chi connectivity index (χ1) is 8.56. The number of hydrogen-bond acceptors (Lipinski definition) is 6. The van der Waals surface area contributed by atoms with Crippen molar-refractivity contribution in [1.29, 1.82) is 0 Å². The van der Waals surface area contributed by atoms with E-state index in [4.69, 9.17) is 10.2 Å². The van der Waals surface area contributed by atoms with Crippen molar-refractivity contribution < 1.29 is 24.5 Å². The summed E-state index contributed by atoms with van der Waals surface area (Å²) in [6.45, 7) is 1.45. The maximum absolute atomic E-state index is 11.2. The van der Waals surface area contributed by atoms with Gasteiger partial charge in [-0.3, -0.25) is 14.5 Å². The Hall–Kier alpha value is -1.18. The van der Waals surface area contributed by atoms with Gasteiger partial charge in [0.05, 0.1) is 26.2 Å². The lowest BCUT2D eigenvalue weighted by Crippen LogP contribution is -2.52. The summed E-state index contributed by atoms with van der Waals surface area (Å²) in [6.07, 6.45) is 0.507. The average Bonchev–Trinajstić information content (AvgIpc) is 2.35. The molecule has 2 atom stereocenters. The van der Waals surface area contributed by atoms with Gasteiger partial charge in [-0.15, -0.1) is 0 Å². The molecule has 104 valence electrons. The zero-order chi connectivity index (χ0) is 13.5. The van der Waals surface area contributed by atoms with Crippen molar-refractivity contribution in [2.24, 2.45) is 5.92 Å². The number of aliphatic hydroxyl groups is 1. The van der Waals surface area contributed by atoms with Crippen LogP contribution >= 0.6 is 0 Å². The number of carbonyl (C=O) groups excluding carboxylic acids is 1. The Labute approximate surface area is 106 Å². The maximum Gasteiger partial charge on any atom is 0.319 e. The van der Waals surface area contributed by atoms with E-state index in [1.165, 1.54) is 7.11 Å². The molecule has 7 nitrogen and oxygen atoms in total. The third-order valence-corrected chi connectivity index (χ3v) is 3.00. The summed E-state index contributed by atoms with van der Waals surface area (Å²) in [7, 11) is 1.31. The van der Waals surface area contributed by atoms with Gasteiger partial charge in [-0.25, -0.2) is 0 Å². The number of carbonyl (C=O) groups is 2. The Morgan fingerprint density at radius 2 is 2.17 bits per heavy atom. The first kappa shape index (κ1) is 14.9. The van der Waals surface area contributed by atoms with E-state index in [0.717, 1.165) is 0 Å². The van der Waals surface area contributed by atoms with Crippen molar-refractivity contribution in [2.45, 2.75) is 12.5 Å². The fourth-order valence-corrected chi connectivity index (χ4v) is 2.16. The van der Waals surface area contributed by atoms with E-state index in [1.54, 1.807) is 4.90 Å². The summed E-state index contributed by atoms with van der Waals surface area (Å²) in [5.74, 6) is -1.73. The molecule has 0 spiro atoms. The van der Waals surface area contributed by atoms with Crippen LogP contribution in [0.15, 0.2) is 0 Å². The number of ether oxygens (including phenoxy) is 1. The minimum atomic E-state index is -0.861. The number of aliphatic hydroxyl groups excluding tert-OH is 1. The lowest BCUT2D eigenvalue weighted by atomic mass is 9.94. The molecule has 1 aliphatic heterocycles. The molecule has 0 aromatic heterocycles. The molecule has 1 aliphatic rings. The monoisotopic (exact) mass is 260 g/mol. The molecule has 3 N–H and O–H groups in total. The normalized spacial score (nSPS) is 24.8. The van der Waals surface area contributed by atoms with E-state index in [-0.39, 0.29) is 25.2 Å². The van der Waals surface area contributed by atoms with Crippen molar-refractivity contribution in [1.82, 2.24) is 10.2 Å². The number of aliphatic carboxylic acids is 1. The molecule has 0 amide bonds. The lowest BCUT2D eigenvalue weighted by Gasteiger charge is -2.35. The summed E-state index contributed by atoms with van der Waals surface area (Å²) in [6, 6.07) is -0.0309. The van der Waals surface area contributed by atoms with E-state index in [1.807, 2.05) is 0 Å². The Balaban J connectivity index is 2.56. The fourth-order valence-electron chi connectivity index (χ4n) is 2.16. The van der Waals surface area contributed by atoms with Gasteiger partial charge in [-0.2, -0.15) is 0 Å². The molecule has 0 saturated carbocycles.